The summed E-state index contributed by atoms with van der Waals surface area (Å²) in [7, 11) is 0. The highest BCUT2D eigenvalue weighted by atomic mass is 16.6. The van der Waals surface area contributed by atoms with Crippen molar-refractivity contribution in [2.45, 2.75) is 19.3 Å². The molecule has 134 valence electrons. The fourth-order valence-electron chi connectivity index (χ4n) is 3.14. The minimum Gasteiger partial charge on any atom is -0.478 e. The van der Waals surface area contributed by atoms with Crippen LogP contribution in [-0.4, -0.2) is 39.9 Å². The van der Waals surface area contributed by atoms with E-state index in [9.17, 15) is 24.8 Å². The topological polar surface area (TPSA) is 101 Å². The minimum atomic E-state index is -1.16. The molecule has 0 spiro atoms. The number of likely N-dealkylation sites (tertiary alicyclic amines) is 1. The Bertz CT molecular complexity index is 855. The highest BCUT2D eigenvalue weighted by Crippen LogP contribution is 2.29. The van der Waals surface area contributed by atoms with Crippen LogP contribution in [0.5, 0.6) is 0 Å². The summed E-state index contributed by atoms with van der Waals surface area (Å²) in [6.07, 6.45) is 3.13. The smallest absolute Gasteiger partial charge is 0.336 e. The zero-order chi connectivity index (χ0) is 18.7. The van der Waals surface area contributed by atoms with Gasteiger partial charge in [0.1, 0.15) is 0 Å². The molecular formula is C19H18N2O5. The number of hydrogen-bond acceptors (Lipinski definition) is 4. The largest absolute Gasteiger partial charge is 0.478 e. The fourth-order valence-corrected chi connectivity index (χ4v) is 3.14. The van der Waals surface area contributed by atoms with E-state index in [2.05, 4.69) is 0 Å². The number of non-ortho nitro benzene ring substituents is 1. The third-order valence-electron chi connectivity index (χ3n) is 4.53. The number of aromatic carboxylic acids is 1. The van der Waals surface area contributed by atoms with E-state index < -0.39 is 10.9 Å². The second-order valence-corrected chi connectivity index (χ2v) is 6.22. The maximum atomic E-state index is 12.5. The van der Waals surface area contributed by atoms with Crippen LogP contribution >= 0.6 is 0 Å². The minimum absolute atomic E-state index is 0.0225. The van der Waals surface area contributed by atoms with Gasteiger partial charge in [-0.2, -0.15) is 0 Å². The van der Waals surface area contributed by atoms with Crippen LogP contribution in [0.25, 0.3) is 11.1 Å². The van der Waals surface area contributed by atoms with Gasteiger partial charge in [-0.15, -0.1) is 0 Å². The number of benzene rings is 2. The van der Waals surface area contributed by atoms with Crippen LogP contribution in [0.3, 0.4) is 0 Å². The number of nitro groups is 1. The van der Waals surface area contributed by atoms with Gasteiger partial charge in [-0.3, -0.25) is 14.9 Å². The lowest BCUT2D eigenvalue weighted by Gasteiger charge is -2.26. The summed E-state index contributed by atoms with van der Waals surface area (Å²) in [4.78, 5) is 36.2. The molecule has 0 radical (unpaired) electrons. The van der Waals surface area contributed by atoms with E-state index in [0.29, 0.717) is 11.1 Å². The van der Waals surface area contributed by atoms with Gasteiger partial charge < -0.3 is 10.0 Å². The fraction of sp³-hybridized carbons (Fsp3) is 0.263. The lowest BCUT2D eigenvalue weighted by Crippen LogP contribution is -2.35. The van der Waals surface area contributed by atoms with Gasteiger partial charge in [-0.05, 0) is 43.0 Å². The molecule has 26 heavy (non-hydrogen) atoms. The summed E-state index contributed by atoms with van der Waals surface area (Å²) in [5, 5.41) is 20.3. The van der Waals surface area contributed by atoms with Crippen molar-refractivity contribution in [1.82, 2.24) is 4.90 Å². The Morgan fingerprint density at radius 1 is 1.00 bits per heavy atom. The van der Waals surface area contributed by atoms with Gasteiger partial charge >= 0.3 is 5.97 Å². The predicted octanol–water partition coefficient (Wildman–Crippen LogP) is 3.59. The first-order valence-corrected chi connectivity index (χ1v) is 8.39. The van der Waals surface area contributed by atoms with Crippen molar-refractivity contribution < 1.29 is 19.6 Å². The average molecular weight is 354 g/mol. The van der Waals surface area contributed by atoms with E-state index in [1.54, 1.807) is 24.3 Å². The molecule has 2 aromatic carbocycles. The van der Waals surface area contributed by atoms with Crippen molar-refractivity contribution in [2.24, 2.45) is 0 Å². The number of carbonyl (C=O) groups is 2. The van der Waals surface area contributed by atoms with Gasteiger partial charge in [0.25, 0.3) is 11.6 Å². The van der Waals surface area contributed by atoms with E-state index in [1.807, 2.05) is 4.90 Å². The monoisotopic (exact) mass is 354 g/mol. The molecule has 1 amide bonds. The highest BCUT2D eigenvalue weighted by molar-refractivity contribution is 5.98. The second-order valence-electron chi connectivity index (χ2n) is 6.22. The molecule has 3 rings (SSSR count). The van der Waals surface area contributed by atoms with Gasteiger partial charge in [0.15, 0.2) is 0 Å². The molecule has 0 aliphatic carbocycles. The third-order valence-corrected chi connectivity index (χ3v) is 4.53. The molecule has 1 heterocycles. The second kappa shape index (κ2) is 7.35. The summed E-state index contributed by atoms with van der Waals surface area (Å²) in [6.45, 7) is 1.49. The molecule has 0 aromatic heterocycles. The Balaban J connectivity index is 1.92. The third kappa shape index (κ3) is 3.56. The van der Waals surface area contributed by atoms with Crippen LogP contribution in [-0.2, 0) is 0 Å². The SMILES string of the molecule is O=C(O)c1ccc([N+](=O)[O-])cc1-c1ccc(C(=O)N2CCCCC2)cc1. The Hall–Kier alpha value is -3.22. The zero-order valence-corrected chi connectivity index (χ0v) is 14.1. The number of piperidine rings is 1. The number of carboxylic acid groups (broad SMARTS) is 1. The molecule has 1 aliphatic rings. The average Bonchev–Trinajstić information content (AvgIpc) is 2.67. The number of carboxylic acids is 1. The van der Waals surface area contributed by atoms with Crippen LogP contribution in [0.1, 0.15) is 40.0 Å². The van der Waals surface area contributed by atoms with Crippen molar-refractivity contribution in [2.75, 3.05) is 13.1 Å². The summed E-state index contributed by atoms with van der Waals surface area (Å²) in [5.41, 5.74) is 1.09. The van der Waals surface area contributed by atoms with Crippen LogP contribution in [0.15, 0.2) is 42.5 Å². The standard InChI is InChI=1S/C19H18N2O5/c22-18(20-10-2-1-3-11-20)14-6-4-13(5-7-14)17-12-15(21(25)26)8-9-16(17)19(23)24/h4-9,12H,1-3,10-11H2,(H,23,24). The molecule has 1 fully saturated rings. The van der Waals surface area contributed by atoms with E-state index in [4.69, 9.17) is 0 Å². The molecule has 1 saturated heterocycles. The zero-order valence-electron chi connectivity index (χ0n) is 14.1. The summed E-state index contributed by atoms with van der Waals surface area (Å²) >= 11 is 0. The van der Waals surface area contributed by atoms with Crippen molar-refractivity contribution in [3.8, 4) is 11.1 Å². The first-order valence-electron chi connectivity index (χ1n) is 8.39. The van der Waals surface area contributed by atoms with Crippen molar-refractivity contribution in [3.63, 3.8) is 0 Å². The van der Waals surface area contributed by atoms with Crippen LogP contribution < -0.4 is 0 Å². The molecule has 7 nitrogen and oxygen atoms in total. The number of hydrogen-bond donors (Lipinski definition) is 1. The quantitative estimate of drug-likeness (QED) is 0.668. The van der Waals surface area contributed by atoms with Crippen LogP contribution in [0.4, 0.5) is 5.69 Å². The van der Waals surface area contributed by atoms with Gasteiger partial charge in [-0.1, -0.05) is 12.1 Å². The molecule has 1 aliphatic heterocycles. The number of nitro benzene ring substituents is 1. The maximum Gasteiger partial charge on any atom is 0.336 e. The normalized spacial score (nSPS) is 14.1. The van der Waals surface area contributed by atoms with Gasteiger partial charge in [0.05, 0.1) is 10.5 Å². The predicted molar refractivity (Wildman–Crippen MR) is 95.2 cm³/mol. The molecule has 0 atom stereocenters. The Morgan fingerprint density at radius 3 is 2.23 bits per heavy atom. The van der Waals surface area contributed by atoms with Crippen LogP contribution in [0.2, 0.25) is 0 Å². The summed E-state index contributed by atoms with van der Waals surface area (Å²) in [6, 6.07) is 10.2. The van der Waals surface area contributed by atoms with Crippen molar-refractivity contribution >= 4 is 17.6 Å². The Morgan fingerprint density at radius 2 is 1.65 bits per heavy atom. The first-order chi connectivity index (χ1) is 12.5. The summed E-state index contributed by atoms with van der Waals surface area (Å²) in [5.74, 6) is -1.21. The van der Waals surface area contributed by atoms with Gasteiger partial charge in [0.2, 0.25) is 0 Å². The molecule has 7 heteroatoms. The van der Waals surface area contributed by atoms with E-state index in [0.717, 1.165) is 32.4 Å². The molecule has 0 saturated carbocycles. The number of nitrogens with zero attached hydrogens (tertiary/aromatic N) is 2. The van der Waals surface area contributed by atoms with Gasteiger partial charge in [0, 0.05) is 36.3 Å². The van der Waals surface area contributed by atoms with E-state index in [1.165, 1.54) is 18.2 Å². The number of amides is 1. The maximum absolute atomic E-state index is 12.5. The molecule has 1 N–H and O–H groups in total. The van der Waals surface area contributed by atoms with E-state index >= 15 is 0 Å². The van der Waals surface area contributed by atoms with Gasteiger partial charge in [-0.25, -0.2) is 4.79 Å². The Kier molecular flexibility index (Phi) is 4.97. The summed E-state index contributed by atoms with van der Waals surface area (Å²) < 4.78 is 0. The van der Waals surface area contributed by atoms with Crippen molar-refractivity contribution in [3.05, 3.63) is 63.7 Å². The first kappa shape index (κ1) is 17.6. The number of rotatable bonds is 4. The molecular weight excluding hydrogens is 336 g/mol. The highest BCUT2D eigenvalue weighted by Gasteiger charge is 2.20. The number of carbonyl (C=O) groups excluding carboxylic acids is 1. The van der Waals surface area contributed by atoms with Crippen molar-refractivity contribution in [1.29, 1.82) is 0 Å². The molecule has 0 bridgehead atoms. The van der Waals surface area contributed by atoms with E-state index in [-0.39, 0.29) is 22.7 Å². The lowest BCUT2D eigenvalue weighted by atomic mass is 9.97. The molecule has 2 aromatic rings. The Labute approximate surface area is 150 Å². The van der Waals surface area contributed by atoms with Crippen LogP contribution in [0, 0.1) is 10.1 Å². The lowest BCUT2D eigenvalue weighted by molar-refractivity contribution is -0.384. The molecule has 0 unspecified atom stereocenters.